The van der Waals surface area contributed by atoms with E-state index in [9.17, 15) is 13.6 Å². The van der Waals surface area contributed by atoms with E-state index in [1.54, 1.807) is 0 Å². The Balaban J connectivity index is 2.14. The molecule has 0 unspecified atom stereocenters. The van der Waals surface area contributed by atoms with Gasteiger partial charge in [-0.15, -0.1) is 0 Å². The van der Waals surface area contributed by atoms with Crippen molar-refractivity contribution in [2.45, 2.75) is 6.61 Å². The van der Waals surface area contributed by atoms with Crippen molar-refractivity contribution in [2.75, 3.05) is 5.73 Å². The Labute approximate surface area is 113 Å². The van der Waals surface area contributed by atoms with E-state index in [0.29, 0.717) is 5.56 Å². The van der Waals surface area contributed by atoms with Crippen molar-refractivity contribution >= 4 is 11.7 Å². The molecule has 0 aliphatic rings. The number of anilines is 1. The lowest BCUT2D eigenvalue weighted by molar-refractivity contribution is 0.0697. The SMILES string of the molecule is Nc1ccc(OCc2cc(F)cc(F)c2)cc1C(=O)O. The first kappa shape index (κ1) is 13.8. The van der Waals surface area contributed by atoms with E-state index in [1.807, 2.05) is 0 Å². The molecule has 104 valence electrons. The van der Waals surface area contributed by atoms with Gasteiger partial charge in [0.25, 0.3) is 0 Å². The quantitative estimate of drug-likeness (QED) is 0.844. The summed E-state index contributed by atoms with van der Waals surface area (Å²) < 4.78 is 31.3. The number of halogens is 2. The van der Waals surface area contributed by atoms with Gasteiger partial charge in [0.1, 0.15) is 24.0 Å². The van der Waals surface area contributed by atoms with Crippen LogP contribution in [0.3, 0.4) is 0 Å². The van der Waals surface area contributed by atoms with Gasteiger partial charge in [-0.3, -0.25) is 0 Å². The predicted molar refractivity (Wildman–Crippen MR) is 68.5 cm³/mol. The van der Waals surface area contributed by atoms with E-state index < -0.39 is 17.6 Å². The number of carboxylic acid groups (broad SMARTS) is 1. The first-order valence-corrected chi connectivity index (χ1v) is 5.66. The Bertz CT molecular complexity index is 639. The number of benzene rings is 2. The molecule has 3 N–H and O–H groups in total. The Hall–Kier alpha value is -2.63. The molecular formula is C14H11F2NO3. The molecule has 0 aliphatic heterocycles. The lowest BCUT2D eigenvalue weighted by Crippen LogP contribution is -2.03. The topological polar surface area (TPSA) is 72.5 Å². The summed E-state index contributed by atoms with van der Waals surface area (Å²) in [5, 5.41) is 8.91. The monoisotopic (exact) mass is 279 g/mol. The van der Waals surface area contributed by atoms with Crippen molar-refractivity contribution in [3.05, 3.63) is 59.2 Å². The third-order valence-electron chi connectivity index (χ3n) is 2.58. The molecule has 0 aromatic heterocycles. The zero-order valence-corrected chi connectivity index (χ0v) is 10.3. The molecule has 4 nitrogen and oxygen atoms in total. The molecular weight excluding hydrogens is 268 g/mol. The fourth-order valence-corrected chi connectivity index (χ4v) is 1.67. The number of carbonyl (C=O) groups is 1. The van der Waals surface area contributed by atoms with Crippen LogP contribution >= 0.6 is 0 Å². The second-order valence-corrected chi connectivity index (χ2v) is 4.12. The predicted octanol–water partition coefficient (Wildman–Crippen LogP) is 2.82. The molecule has 0 radical (unpaired) electrons. The Morgan fingerprint density at radius 3 is 2.40 bits per heavy atom. The highest BCUT2D eigenvalue weighted by Crippen LogP contribution is 2.21. The second kappa shape index (κ2) is 5.56. The van der Waals surface area contributed by atoms with Crippen LogP contribution in [0.5, 0.6) is 5.75 Å². The zero-order chi connectivity index (χ0) is 14.7. The summed E-state index contributed by atoms with van der Waals surface area (Å²) in [6.45, 7) is -0.0857. The molecule has 0 saturated heterocycles. The van der Waals surface area contributed by atoms with Crippen molar-refractivity contribution in [2.24, 2.45) is 0 Å². The summed E-state index contributed by atoms with van der Waals surface area (Å²) in [5.41, 5.74) is 5.83. The molecule has 0 amide bonds. The fraction of sp³-hybridized carbons (Fsp3) is 0.0714. The number of ether oxygens (including phenoxy) is 1. The first-order chi connectivity index (χ1) is 9.45. The van der Waals surface area contributed by atoms with Crippen molar-refractivity contribution in [3.8, 4) is 5.75 Å². The van der Waals surface area contributed by atoms with Gasteiger partial charge in [0, 0.05) is 11.8 Å². The van der Waals surface area contributed by atoms with Crippen LogP contribution in [0.2, 0.25) is 0 Å². The van der Waals surface area contributed by atoms with Gasteiger partial charge in [0.2, 0.25) is 0 Å². The summed E-state index contributed by atoms with van der Waals surface area (Å²) in [7, 11) is 0. The smallest absolute Gasteiger partial charge is 0.337 e. The van der Waals surface area contributed by atoms with Crippen molar-refractivity contribution < 1.29 is 23.4 Å². The number of nitrogen functional groups attached to an aromatic ring is 1. The van der Waals surface area contributed by atoms with Gasteiger partial charge >= 0.3 is 5.97 Å². The zero-order valence-electron chi connectivity index (χ0n) is 10.3. The van der Waals surface area contributed by atoms with Crippen LogP contribution < -0.4 is 10.5 Å². The first-order valence-electron chi connectivity index (χ1n) is 5.66. The van der Waals surface area contributed by atoms with Gasteiger partial charge in [-0.2, -0.15) is 0 Å². The third-order valence-corrected chi connectivity index (χ3v) is 2.58. The molecule has 0 fully saturated rings. The summed E-state index contributed by atoms with van der Waals surface area (Å²) >= 11 is 0. The molecule has 0 saturated carbocycles. The molecule has 0 atom stereocenters. The molecule has 20 heavy (non-hydrogen) atoms. The van der Waals surface area contributed by atoms with Gasteiger partial charge < -0.3 is 15.6 Å². The minimum absolute atomic E-state index is 0.0857. The van der Waals surface area contributed by atoms with Gasteiger partial charge in [0.15, 0.2) is 0 Å². The van der Waals surface area contributed by atoms with E-state index in [0.717, 1.165) is 18.2 Å². The largest absolute Gasteiger partial charge is 0.489 e. The highest BCUT2D eigenvalue weighted by molar-refractivity contribution is 5.94. The maximum Gasteiger partial charge on any atom is 0.337 e. The number of aromatic carboxylic acids is 1. The highest BCUT2D eigenvalue weighted by Gasteiger charge is 2.09. The maximum atomic E-state index is 13.0. The normalized spacial score (nSPS) is 10.3. The van der Waals surface area contributed by atoms with E-state index in [2.05, 4.69) is 0 Å². The number of nitrogens with two attached hydrogens (primary N) is 1. The summed E-state index contributed by atoms with van der Waals surface area (Å²) in [6, 6.07) is 7.17. The molecule has 2 rings (SSSR count). The molecule has 0 spiro atoms. The van der Waals surface area contributed by atoms with Gasteiger partial charge in [-0.25, -0.2) is 13.6 Å². The van der Waals surface area contributed by atoms with Gasteiger partial charge in [0.05, 0.1) is 5.56 Å². The average Bonchev–Trinajstić information content (AvgIpc) is 2.36. The Morgan fingerprint density at radius 1 is 1.15 bits per heavy atom. The minimum Gasteiger partial charge on any atom is -0.489 e. The van der Waals surface area contributed by atoms with Crippen LogP contribution in [0.15, 0.2) is 36.4 Å². The minimum atomic E-state index is -1.18. The number of hydrogen-bond donors (Lipinski definition) is 2. The second-order valence-electron chi connectivity index (χ2n) is 4.12. The fourth-order valence-electron chi connectivity index (χ4n) is 1.67. The molecule has 6 heteroatoms. The average molecular weight is 279 g/mol. The van der Waals surface area contributed by atoms with Gasteiger partial charge in [-0.1, -0.05) is 0 Å². The number of rotatable bonds is 4. The van der Waals surface area contributed by atoms with E-state index in [-0.39, 0.29) is 23.6 Å². The van der Waals surface area contributed by atoms with Crippen molar-refractivity contribution in [3.63, 3.8) is 0 Å². The summed E-state index contributed by atoms with van der Waals surface area (Å²) in [6.07, 6.45) is 0. The van der Waals surface area contributed by atoms with E-state index >= 15 is 0 Å². The molecule has 2 aromatic rings. The van der Waals surface area contributed by atoms with Crippen molar-refractivity contribution in [1.82, 2.24) is 0 Å². The standard InChI is InChI=1S/C14H11F2NO3/c15-9-3-8(4-10(16)5-9)7-20-11-1-2-13(17)12(6-11)14(18)19/h1-6H,7,17H2,(H,18,19). The van der Waals surface area contributed by atoms with E-state index in [4.69, 9.17) is 15.6 Å². The van der Waals surface area contributed by atoms with Crippen molar-refractivity contribution in [1.29, 1.82) is 0 Å². The highest BCUT2D eigenvalue weighted by atomic mass is 19.1. The molecule has 0 heterocycles. The third kappa shape index (κ3) is 3.23. The van der Waals surface area contributed by atoms with Crippen LogP contribution in [-0.4, -0.2) is 11.1 Å². The maximum absolute atomic E-state index is 13.0. The van der Waals surface area contributed by atoms with Crippen LogP contribution in [0, 0.1) is 11.6 Å². The van der Waals surface area contributed by atoms with Crippen LogP contribution in [0.4, 0.5) is 14.5 Å². The molecule has 0 bridgehead atoms. The lowest BCUT2D eigenvalue weighted by Gasteiger charge is -2.08. The van der Waals surface area contributed by atoms with Gasteiger partial charge in [-0.05, 0) is 35.9 Å². The lowest BCUT2D eigenvalue weighted by atomic mass is 10.1. The molecule has 0 aliphatic carbocycles. The summed E-state index contributed by atoms with van der Waals surface area (Å²) in [5.74, 6) is -2.33. The van der Waals surface area contributed by atoms with Crippen LogP contribution in [-0.2, 0) is 6.61 Å². The number of carboxylic acids is 1. The van der Waals surface area contributed by atoms with E-state index in [1.165, 1.54) is 18.2 Å². The Kier molecular flexibility index (Phi) is 3.84. The van der Waals surface area contributed by atoms with Crippen LogP contribution in [0.25, 0.3) is 0 Å². The number of hydrogen-bond acceptors (Lipinski definition) is 3. The van der Waals surface area contributed by atoms with Crippen LogP contribution in [0.1, 0.15) is 15.9 Å². The molecule has 2 aromatic carbocycles. The summed E-state index contributed by atoms with van der Waals surface area (Å²) in [4.78, 5) is 10.9. The Morgan fingerprint density at radius 2 is 1.80 bits per heavy atom.